The summed E-state index contributed by atoms with van der Waals surface area (Å²) in [5.74, 6) is 1.27. The molecule has 0 aliphatic rings. The van der Waals surface area contributed by atoms with Crippen LogP contribution in [-0.4, -0.2) is 33.1 Å². The Kier molecular flexibility index (Phi) is 4.98. The highest BCUT2D eigenvalue weighted by Gasteiger charge is 2.09. The van der Waals surface area contributed by atoms with Gasteiger partial charge in [-0.3, -0.25) is 4.84 Å². The summed E-state index contributed by atoms with van der Waals surface area (Å²) in [4.78, 5) is 15.5. The number of nitrogens with one attached hydrogen (secondary N) is 1. The van der Waals surface area contributed by atoms with Crippen LogP contribution in [0.15, 0.2) is 23.4 Å². The molecule has 1 rings (SSSR count). The maximum absolute atomic E-state index is 10.9. The third-order valence-electron chi connectivity index (χ3n) is 2.27. The lowest BCUT2D eigenvalue weighted by atomic mass is 10.1. The fourth-order valence-corrected chi connectivity index (χ4v) is 1.30. The second kappa shape index (κ2) is 6.48. The molecule has 0 saturated carbocycles. The van der Waals surface area contributed by atoms with Gasteiger partial charge in [0.15, 0.2) is 0 Å². The summed E-state index contributed by atoms with van der Waals surface area (Å²) in [6.45, 7) is 1.72. The molecule has 1 aromatic rings. The van der Waals surface area contributed by atoms with E-state index >= 15 is 0 Å². The number of hydrogen-bond acceptors (Lipinski definition) is 5. The molecule has 6 heteroatoms. The predicted molar refractivity (Wildman–Crippen MR) is 67.3 cm³/mol. The first-order chi connectivity index (χ1) is 8.62. The molecule has 0 radical (unpaired) electrons. The van der Waals surface area contributed by atoms with E-state index in [4.69, 9.17) is 9.47 Å². The molecule has 18 heavy (non-hydrogen) atoms. The normalized spacial score (nSPS) is 10.8. The third-order valence-corrected chi connectivity index (χ3v) is 2.27. The molecular weight excluding hydrogens is 236 g/mol. The van der Waals surface area contributed by atoms with Crippen molar-refractivity contribution in [1.29, 1.82) is 0 Å². The zero-order chi connectivity index (χ0) is 13.5. The van der Waals surface area contributed by atoms with Crippen molar-refractivity contribution in [3.05, 3.63) is 23.8 Å². The Morgan fingerprint density at radius 1 is 1.28 bits per heavy atom. The molecule has 6 nitrogen and oxygen atoms in total. The number of ether oxygens (including phenoxy) is 2. The monoisotopic (exact) mass is 252 g/mol. The number of amides is 1. The second-order valence-electron chi connectivity index (χ2n) is 3.37. The van der Waals surface area contributed by atoms with Crippen LogP contribution in [0.25, 0.3) is 0 Å². The van der Waals surface area contributed by atoms with Crippen molar-refractivity contribution < 1.29 is 19.1 Å². The van der Waals surface area contributed by atoms with Gasteiger partial charge in [0, 0.05) is 18.7 Å². The first-order valence-electron chi connectivity index (χ1n) is 5.28. The van der Waals surface area contributed by atoms with Crippen LogP contribution in [0.5, 0.6) is 11.5 Å². The number of oxime groups is 1. The highest BCUT2D eigenvalue weighted by molar-refractivity contribution is 6.01. The van der Waals surface area contributed by atoms with Gasteiger partial charge in [0.05, 0.1) is 19.9 Å². The van der Waals surface area contributed by atoms with Crippen molar-refractivity contribution >= 4 is 11.8 Å². The number of benzene rings is 1. The molecule has 0 atom stereocenters. The summed E-state index contributed by atoms with van der Waals surface area (Å²) in [5.41, 5.74) is 1.25. The molecule has 0 bridgehead atoms. The zero-order valence-corrected chi connectivity index (χ0v) is 10.8. The van der Waals surface area contributed by atoms with E-state index in [0.717, 1.165) is 5.56 Å². The number of rotatable bonds is 4. The van der Waals surface area contributed by atoms with Crippen LogP contribution < -0.4 is 14.8 Å². The predicted octanol–water partition coefficient (Wildman–Crippen LogP) is 1.78. The Morgan fingerprint density at radius 2 is 2.00 bits per heavy atom. The molecule has 0 aromatic heterocycles. The number of nitrogens with zero attached hydrogens (tertiary/aromatic N) is 1. The molecule has 98 valence electrons. The second-order valence-corrected chi connectivity index (χ2v) is 3.37. The highest BCUT2D eigenvalue weighted by atomic mass is 16.7. The van der Waals surface area contributed by atoms with Crippen molar-refractivity contribution in [3.63, 3.8) is 0 Å². The van der Waals surface area contributed by atoms with Gasteiger partial charge in [-0.2, -0.15) is 0 Å². The average Bonchev–Trinajstić information content (AvgIpc) is 2.43. The van der Waals surface area contributed by atoms with Crippen molar-refractivity contribution in [2.24, 2.45) is 5.16 Å². The Hall–Kier alpha value is -2.24. The number of carbonyl (C=O) groups is 1. The van der Waals surface area contributed by atoms with Gasteiger partial charge in [-0.05, 0) is 19.1 Å². The average molecular weight is 252 g/mol. The summed E-state index contributed by atoms with van der Waals surface area (Å²) < 4.78 is 10.3. The lowest BCUT2D eigenvalue weighted by Gasteiger charge is -2.09. The zero-order valence-electron chi connectivity index (χ0n) is 10.8. The number of carbonyl (C=O) groups excluding carboxylic acids is 1. The molecule has 0 fully saturated rings. The summed E-state index contributed by atoms with van der Waals surface area (Å²) in [7, 11) is 4.58. The number of hydrogen-bond donors (Lipinski definition) is 1. The quantitative estimate of drug-likeness (QED) is 0.504. The van der Waals surface area contributed by atoms with Crippen LogP contribution in [0, 0.1) is 0 Å². The number of methoxy groups -OCH3 is 2. The van der Waals surface area contributed by atoms with Gasteiger partial charge in [-0.1, -0.05) is 5.16 Å². The van der Waals surface area contributed by atoms with Gasteiger partial charge in [0.2, 0.25) is 0 Å². The summed E-state index contributed by atoms with van der Waals surface area (Å²) in [6.07, 6.45) is -0.623. The summed E-state index contributed by atoms with van der Waals surface area (Å²) in [5, 5.41) is 6.01. The Morgan fingerprint density at radius 3 is 2.56 bits per heavy atom. The van der Waals surface area contributed by atoms with Crippen LogP contribution in [0.2, 0.25) is 0 Å². The van der Waals surface area contributed by atoms with Gasteiger partial charge >= 0.3 is 6.09 Å². The molecule has 0 saturated heterocycles. The molecule has 1 amide bonds. The molecule has 1 aromatic carbocycles. The van der Waals surface area contributed by atoms with Crippen molar-refractivity contribution in [2.75, 3.05) is 21.3 Å². The van der Waals surface area contributed by atoms with E-state index in [1.54, 1.807) is 39.3 Å². The van der Waals surface area contributed by atoms with E-state index < -0.39 is 6.09 Å². The highest BCUT2D eigenvalue weighted by Crippen LogP contribution is 2.25. The van der Waals surface area contributed by atoms with Gasteiger partial charge in [0.1, 0.15) is 11.5 Å². The van der Waals surface area contributed by atoms with Crippen LogP contribution in [0.4, 0.5) is 4.79 Å². The minimum atomic E-state index is -0.623. The molecule has 0 spiro atoms. The SMILES string of the molecule is CNC(=O)ON=C(C)c1ccc(OC)cc1OC. The molecular formula is C12H16N2O4. The summed E-state index contributed by atoms with van der Waals surface area (Å²) in [6, 6.07) is 5.29. The van der Waals surface area contributed by atoms with E-state index in [-0.39, 0.29) is 0 Å². The van der Waals surface area contributed by atoms with Crippen LogP contribution in [-0.2, 0) is 4.84 Å². The fraction of sp³-hybridized carbons (Fsp3) is 0.333. The van der Waals surface area contributed by atoms with Crippen molar-refractivity contribution in [2.45, 2.75) is 6.92 Å². The maximum atomic E-state index is 10.9. The van der Waals surface area contributed by atoms with Gasteiger partial charge < -0.3 is 14.8 Å². The third kappa shape index (κ3) is 3.38. The molecule has 1 N–H and O–H groups in total. The minimum absolute atomic E-state index is 0.526. The lowest BCUT2D eigenvalue weighted by Crippen LogP contribution is -2.17. The van der Waals surface area contributed by atoms with E-state index in [9.17, 15) is 4.79 Å². The topological polar surface area (TPSA) is 69.2 Å². The van der Waals surface area contributed by atoms with E-state index in [0.29, 0.717) is 17.2 Å². The smallest absolute Gasteiger partial charge is 0.433 e. The van der Waals surface area contributed by atoms with Gasteiger partial charge in [-0.15, -0.1) is 0 Å². The van der Waals surface area contributed by atoms with Crippen molar-refractivity contribution in [3.8, 4) is 11.5 Å². The van der Waals surface area contributed by atoms with E-state index in [1.807, 2.05) is 0 Å². The molecule has 0 aliphatic carbocycles. The standard InChI is InChI=1S/C12H16N2O4/c1-8(14-18-12(15)13-2)10-6-5-9(16-3)7-11(10)17-4/h5-7H,1-4H3,(H,13,15). The van der Waals surface area contributed by atoms with E-state index in [2.05, 4.69) is 15.3 Å². The minimum Gasteiger partial charge on any atom is -0.497 e. The maximum Gasteiger partial charge on any atom is 0.433 e. The van der Waals surface area contributed by atoms with Gasteiger partial charge in [0.25, 0.3) is 0 Å². The Labute approximate surface area is 106 Å². The van der Waals surface area contributed by atoms with Crippen LogP contribution in [0.1, 0.15) is 12.5 Å². The van der Waals surface area contributed by atoms with E-state index in [1.165, 1.54) is 7.05 Å². The molecule has 0 heterocycles. The fourth-order valence-electron chi connectivity index (χ4n) is 1.30. The Bertz CT molecular complexity index is 457. The largest absolute Gasteiger partial charge is 0.497 e. The first kappa shape index (κ1) is 13.8. The lowest BCUT2D eigenvalue weighted by molar-refractivity contribution is 0.153. The van der Waals surface area contributed by atoms with Crippen molar-refractivity contribution in [1.82, 2.24) is 5.32 Å². The van der Waals surface area contributed by atoms with Crippen LogP contribution in [0.3, 0.4) is 0 Å². The molecule has 0 unspecified atom stereocenters. The Balaban J connectivity index is 2.97. The summed E-state index contributed by atoms with van der Waals surface area (Å²) >= 11 is 0. The van der Waals surface area contributed by atoms with Gasteiger partial charge in [-0.25, -0.2) is 4.79 Å². The first-order valence-corrected chi connectivity index (χ1v) is 5.28. The molecule has 0 aliphatic heterocycles. The van der Waals surface area contributed by atoms with Crippen LogP contribution >= 0.6 is 0 Å².